The summed E-state index contributed by atoms with van der Waals surface area (Å²) in [4.78, 5) is 27.4. The van der Waals surface area contributed by atoms with Gasteiger partial charge >= 0.3 is 6.36 Å². The first-order valence-electron chi connectivity index (χ1n) is 10.6. The Kier molecular flexibility index (Phi) is 6.61. The summed E-state index contributed by atoms with van der Waals surface area (Å²) in [5.74, 6) is -2.00. The Morgan fingerprint density at radius 2 is 1.44 bits per heavy atom. The van der Waals surface area contributed by atoms with E-state index in [1.807, 2.05) is 0 Å². The summed E-state index contributed by atoms with van der Waals surface area (Å²) < 4.78 is 52.7. The van der Waals surface area contributed by atoms with Gasteiger partial charge < -0.3 is 19.3 Å². The van der Waals surface area contributed by atoms with Crippen molar-refractivity contribution in [3.63, 3.8) is 0 Å². The number of carbonyl (C=O) groups is 2. The van der Waals surface area contributed by atoms with Crippen LogP contribution in [0.15, 0.2) is 78.4 Å². The first-order chi connectivity index (χ1) is 17.1. The minimum atomic E-state index is -4.95. The molecule has 1 aliphatic rings. The van der Waals surface area contributed by atoms with Crippen molar-refractivity contribution in [2.45, 2.75) is 12.4 Å². The van der Waals surface area contributed by atoms with Crippen molar-refractivity contribution in [3.8, 4) is 17.2 Å². The summed E-state index contributed by atoms with van der Waals surface area (Å²) in [5, 5.41) is 11.1. The molecule has 1 amide bonds. The van der Waals surface area contributed by atoms with Gasteiger partial charge in [0.1, 0.15) is 23.0 Å². The second-order valence-corrected chi connectivity index (χ2v) is 7.72. The van der Waals surface area contributed by atoms with Gasteiger partial charge in [-0.2, -0.15) is 0 Å². The summed E-state index contributed by atoms with van der Waals surface area (Å²) in [6, 6.07) is 16.2. The van der Waals surface area contributed by atoms with Crippen molar-refractivity contribution in [2.75, 3.05) is 19.1 Å². The van der Waals surface area contributed by atoms with E-state index in [2.05, 4.69) is 4.74 Å². The van der Waals surface area contributed by atoms with Gasteiger partial charge in [-0.15, -0.1) is 13.2 Å². The fraction of sp³-hybridized carbons (Fsp3) is 0.154. The van der Waals surface area contributed by atoms with Crippen molar-refractivity contribution in [2.24, 2.45) is 0 Å². The Hall–Kier alpha value is -4.47. The number of alkyl halides is 3. The Labute approximate surface area is 203 Å². The van der Waals surface area contributed by atoms with Crippen LogP contribution < -0.4 is 19.1 Å². The van der Waals surface area contributed by atoms with Crippen molar-refractivity contribution in [1.82, 2.24) is 0 Å². The lowest BCUT2D eigenvalue weighted by atomic mass is 9.95. The normalized spacial score (nSPS) is 17.2. The van der Waals surface area contributed by atoms with Crippen LogP contribution in [0.5, 0.6) is 17.2 Å². The number of methoxy groups -OCH3 is 2. The number of ketones is 1. The Morgan fingerprint density at radius 1 is 0.861 bits per heavy atom. The third-order valence-corrected chi connectivity index (χ3v) is 5.57. The Bertz CT molecular complexity index is 1320. The zero-order valence-electron chi connectivity index (χ0n) is 19.1. The van der Waals surface area contributed by atoms with Gasteiger partial charge in [0.05, 0.1) is 25.8 Å². The van der Waals surface area contributed by atoms with Crippen LogP contribution in [-0.4, -0.2) is 37.4 Å². The van der Waals surface area contributed by atoms with Crippen LogP contribution in [-0.2, 0) is 9.59 Å². The molecule has 7 nitrogen and oxygen atoms in total. The van der Waals surface area contributed by atoms with E-state index in [-0.39, 0.29) is 16.8 Å². The van der Waals surface area contributed by atoms with Crippen molar-refractivity contribution in [3.05, 3.63) is 89.5 Å². The van der Waals surface area contributed by atoms with Crippen molar-refractivity contribution < 1.29 is 42.1 Å². The zero-order valence-corrected chi connectivity index (χ0v) is 19.1. The maximum Gasteiger partial charge on any atom is 0.573 e. The molecular weight excluding hydrogens is 479 g/mol. The number of aliphatic hydroxyl groups excluding tert-OH is 1. The van der Waals surface area contributed by atoms with E-state index in [4.69, 9.17) is 9.47 Å². The van der Waals surface area contributed by atoms with E-state index in [0.29, 0.717) is 17.1 Å². The fourth-order valence-electron chi connectivity index (χ4n) is 3.94. The highest BCUT2D eigenvalue weighted by Crippen LogP contribution is 2.43. The van der Waals surface area contributed by atoms with Gasteiger partial charge in [0, 0.05) is 17.3 Å². The number of rotatable bonds is 6. The molecule has 186 valence electrons. The van der Waals surface area contributed by atoms with Crippen LogP contribution in [0.25, 0.3) is 5.76 Å². The molecule has 4 rings (SSSR count). The molecule has 0 aromatic heterocycles. The lowest BCUT2D eigenvalue weighted by Crippen LogP contribution is -2.29. The second kappa shape index (κ2) is 9.65. The first kappa shape index (κ1) is 24.6. The fourth-order valence-corrected chi connectivity index (χ4v) is 3.94. The van der Waals surface area contributed by atoms with E-state index in [1.165, 1.54) is 38.5 Å². The molecule has 1 aliphatic heterocycles. The number of amides is 1. The number of hydrogen-bond acceptors (Lipinski definition) is 6. The SMILES string of the molecule is COc1ccc(/C(O)=C2\C(=O)C(=O)N(c3cccc(OC(F)(F)F)c3)C2c2ccc(OC)cc2)cc1. The molecule has 0 bridgehead atoms. The topological polar surface area (TPSA) is 85.3 Å². The molecule has 0 saturated carbocycles. The summed E-state index contributed by atoms with van der Waals surface area (Å²) >= 11 is 0. The minimum absolute atomic E-state index is 0.0200. The zero-order chi connectivity index (χ0) is 26.0. The molecule has 0 radical (unpaired) electrons. The first-order valence-corrected chi connectivity index (χ1v) is 10.6. The summed E-state index contributed by atoms with van der Waals surface area (Å²) in [6.45, 7) is 0. The van der Waals surface area contributed by atoms with E-state index in [0.717, 1.165) is 17.0 Å². The third kappa shape index (κ3) is 4.83. The predicted molar refractivity (Wildman–Crippen MR) is 124 cm³/mol. The summed E-state index contributed by atoms with van der Waals surface area (Å²) in [6.07, 6.45) is -4.95. The number of Topliss-reactive ketones (excluding diaryl/α,β-unsaturated/α-hetero) is 1. The molecule has 3 aromatic carbocycles. The van der Waals surface area contributed by atoms with Crippen molar-refractivity contribution >= 4 is 23.1 Å². The van der Waals surface area contributed by atoms with Crippen LogP contribution in [0.3, 0.4) is 0 Å². The molecule has 36 heavy (non-hydrogen) atoms. The smallest absolute Gasteiger partial charge is 0.507 e. The lowest BCUT2D eigenvalue weighted by Gasteiger charge is -2.26. The number of carbonyl (C=O) groups excluding carboxylic acids is 2. The van der Waals surface area contributed by atoms with Crippen LogP contribution in [0.1, 0.15) is 17.2 Å². The lowest BCUT2D eigenvalue weighted by molar-refractivity contribution is -0.274. The Morgan fingerprint density at radius 3 is 2.00 bits per heavy atom. The maximum atomic E-state index is 13.2. The second-order valence-electron chi connectivity index (χ2n) is 7.72. The van der Waals surface area contributed by atoms with Crippen molar-refractivity contribution in [1.29, 1.82) is 0 Å². The van der Waals surface area contributed by atoms with Gasteiger partial charge in [0.2, 0.25) is 0 Å². The predicted octanol–water partition coefficient (Wildman–Crippen LogP) is 5.23. The highest BCUT2D eigenvalue weighted by Gasteiger charge is 2.47. The minimum Gasteiger partial charge on any atom is -0.507 e. The molecule has 1 atom stereocenters. The molecule has 1 fully saturated rings. The quantitative estimate of drug-likeness (QED) is 0.284. The highest BCUT2D eigenvalue weighted by molar-refractivity contribution is 6.51. The molecule has 1 unspecified atom stereocenters. The molecule has 0 spiro atoms. The third-order valence-electron chi connectivity index (χ3n) is 5.57. The van der Waals surface area contributed by atoms with Gasteiger partial charge in [-0.25, -0.2) is 0 Å². The monoisotopic (exact) mass is 499 g/mol. The number of benzene rings is 3. The number of aliphatic hydroxyl groups is 1. The van der Waals surface area contributed by atoms with Crippen LogP contribution in [0.4, 0.5) is 18.9 Å². The van der Waals surface area contributed by atoms with Crippen LogP contribution >= 0.6 is 0 Å². The summed E-state index contributed by atoms with van der Waals surface area (Å²) in [7, 11) is 2.94. The standard InChI is InChI=1S/C26H20F3NO6/c1-34-18-10-6-15(7-11-18)22-21(23(31)16-8-12-19(35-2)13-9-16)24(32)25(33)30(22)17-4-3-5-20(14-17)36-26(27,28)29/h3-14,22,31H,1-2H3/b23-21+. The Balaban J connectivity index is 1.88. The van der Waals surface area contributed by atoms with E-state index < -0.39 is 35.6 Å². The maximum absolute atomic E-state index is 13.2. The average Bonchev–Trinajstić information content (AvgIpc) is 3.13. The number of halogens is 3. The van der Waals surface area contributed by atoms with Gasteiger partial charge in [0.15, 0.2) is 0 Å². The van der Waals surface area contributed by atoms with E-state index in [9.17, 15) is 27.9 Å². The molecule has 1 saturated heterocycles. The van der Waals surface area contributed by atoms with Gasteiger partial charge in [-0.3, -0.25) is 14.5 Å². The number of nitrogens with zero attached hydrogens (tertiary/aromatic N) is 1. The number of ether oxygens (including phenoxy) is 3. The average molecular weight is 499 g/mol. The molecule has 1 N–H and O–H groups in total. The molecule has 0 aliphatic carbocycles. The molecule has 3 aromatic rings. The molecular formula is C26H20F3NO6. The van der Waals surface area contributed by atoms with Crippen LogP contribution in [0.2, 0.25) is 0 Å². The van der Waals surface area contributed by atoms with E-state index in [1.54, 1.807) is 36.4 Å². The summed E-state index contributed by atoms with van der Waals surface area (Å²) in [5.41, 5.74) is 0.430. The highest BCUT2D eigenvalue weighted by atomic mass is 19.4. The largest absolute Gasteiger partial charge is 0.573 e. The molecule has 10 heteroatoms. The molecule has 1 heterocycles. The van der Waals surface area contributed by atoms with Gasteiger partial charge in [0.25, 0.3) is 11.7 Å². The van der Waals surface area contributed by atoms with Gasteiger partial charge in [-0.05, 0) is 54.1 Å². The number of anilines is 1. The van der Waals surface area contributed by atoms with E-state index >= 15 is 0 Å². The van der Waals surface area contributed by atoms with Crippen LogP contribution in [0, 0.1) is 0 Å². The van der Waals surface area contributed by atoms with Gasteiger partial charge in [-0.1, -0.05) is 18.2 Å². The number of hydrogen-bond donors (Lipinski definition) is 1.